The quantitative estimate of drug-likeness (QED) is 0.721. The van der Waals surface area contributed by atoms with E-state index in [9.17, 15) is 4.79 Å². The van der Waals surface area contributed by atoms with Gasteiger partial charge in [0.1, 0.15) is 5.82 Å². The van der Waals surface area contributed by atoms with Crippen molar-refractivity contribution in [1.29, 1.82) is 0 Å². The van der Waals surface area contributed by atoms with Gasteiger partial charge in [0.25, 0.3) is 0 Å². The van der Waals surface area contributed by atoms with Crippen LogP contribution >= 0.6 is 11.6 Å². The minimum absolute atomic E-state index is 0.104. The summed E-state index contributed by atoms with van der Waals surface area (Å²) in [6.45, 7) is 2.88. The van der Waals surface area contributed by atoms with Gasteiger partial charge in [-0.25, -0.2) is 4.79 Å². The molecule has 0 saturated carbocycles. The Morgan fingerprint density at radius 2 is 1.96 bits per heavy atom. The first-order chi connectivity index (χ1) is 11.6. The van der Waals surface area contributed by atoms with Crippen LogP contribution in [0.25, 0.3) is 5.69 Å². The molecule has 0 N–H and O–H groups in total. The van der Waals surface area contributed by atoms with Gasteiger partial charge in [-0.3, -0.25) is 14.1 Å². The van der Waals surface area contributed by atoms with Crippen molar-refractivity contribution in [3.8, 4) is 5.69 Å². The highest BCUT2D eigenvalue weighted by molar-refractivity contribution is 6.30. The topological polar surface area (TPSA) is 60.9 Å². The molecule has 124 valence electrons. The zero-order valence-corrected chi connectivity index (χ0v) is 14.0. The van der Waals surface area contributed by atoms with Crippen molar-refractivity contribution >= 4 is 11.6 Å². The summed E-state index contributed by atoms with van der Waals surface area (Å²) in [5.74, 6) is 0.781. The smallest absolute Gasteiger partial charge is 0.288 e. The molecule has 1 aliphatic heterocycles. The summed E-state index contributed by atoms with van der Waals surface area (Å²) in [4.78, 5) is 14.8. The Morgan fingerprint density at radius 1 is 1.17 bits per heavy atom. The van der Waals surface area contributed by atoms with Crippen LogP contribution in [0, 0.1) is 0 Å². The van der Waals surface area contributed by atoms with Gasteiger partial charge in [-0.05, 0) is 30.3 Å². The van der Waals surface area contributed by atoms with Crippen LogP contribution in [0.15, 0.2) is 41.3 Å². The predicted molar refractivity (Wildman–Crippen MR) is 90.2 cm³/mol. The molecule has 1 aliphatic rings. The minimum Gasteiger partial charge on any atom is -0.288 e. The third-order valence-corrected chi connectivity index (χ3v) is 4.58. The molecule has 0 bridgehead atoms. The lowest BCUT2D eigenvalue weighted by Crippen LogP contribution is -2.37. The van der Waals surface area contributed by atoms with E-state index in [1.54, 1.807) is 35.0 Å². The Balaban J connectivity index is 1.60. The van der Waals surface area contributed by atoms with Crippen molar-refractivity contribution in [1.82, 2.24) is 29.0 Å². The Kier molecular flexibility index (Phi) is 3.74. The summed E-state index contributed by atoms with van der Waals surface area (Å²) in [5, 5.41) is 9.34. The van der Waals surface area contributed by atoms with E-state index in [1.807, 2.05) is 17.8 Å². The molecular weight excluding hydrogens is 328 g/mol. The number of aromatic nitrogens is 5. The molecule has 7 nitrogen and oxygen atoms in total. The van der Waals surface area contributed by atoms with Crippen molar-refractivity contribution in [2.75, 3.05) is 6.54 Å². The maximum Gasteiger partial charge on any atom is 0.350 e. The lowest BCUT2D eigenvalue weighted by atomic mass is 10.3. The molecule has 24 heavy (non-hydrogen) atoms. The Hall–Kier alpha value is -2.38. The van der Waals surface area contributed by atoms with Crippen LogP contribution in [0.3, 0.4) is 0 Å². The molecule has 0 unspecified atom stereocenters. The number of fused-ring (bicyclic) bond motifs is 1. The number of benzene rings is 1. The monoisotopic (exact) mass is 344 g/mol. The number of hydrogen-bond acceptors (Lipinski definition) is 4. The van der Waals surface area contributed by atoms with Crippen LogP contribution in [0.5, 0.6) is 0 Å². The first-order valence-corrected chi connectivity index (χ1v) is 8.13. The van der Waals surface area contributed by atoms with Crippen LogP contribution in [0.2, 0.25) is 5.02 Å². The van der Waals surface area contributed by atoms with Crippen LogP contribution in [-0.4, -0.2) is 35.6 Å². The molecule has 1 aromatic carbocycles. The van der Waals surface area contributed by atoms with E-state index in [0.717, 1.165) is 30.3 Å². The molecular formula is C16H17ClN6O. The van der Waals surface area contributed by atoms with Crippen LogP contribution in [0.1, 0.15) is 11.5 Å². The summed E-state index contributed by atoms with van der Waals surface area (Å²) in [7, 11) is 1.93. The third kappa shape index (κ3) is 2.65. The fraction of sp³-hybridized carbons (Fsp3) is 0.312. The summed E-state index contributed by atoms with van der Waals surface area (Å²) in [6.07, 6.45) is 1.80. The average molecular weight is 345 g/mol. The van der Waals surface area contributed by atoms with Crippen LogP contribution < -0.4 is 5.69 Å². The summed E-state index contributed by atoms with van der Waals surface area (Å²) in [6, 6.07) is 9.13. The van der Waals surface area contributed by atoms with Gasteiger partial charge in [0.2, 0.25) is 0 Å². The van der Waals surface area contributed by atoms with Crippen molar-refractivity contribution in [2.24, 2.45) is 7.05 Å². The maximum absolute atomic E-state index is 12.6. The highest BCUT2D eigenvalue weighted by Crippen LogP contribution is 2.15. The SMILES string of the molecule is Cn1nccc1CN1CCn2c(nn(-c3ccc(Cl)cc3)c2=O)C1. The average Bonchev–Trinajstić information content (AvgIpc) is 3.12. The van der Waals surface area contributed by atoms with Gasteiger partial charge in [0, 0.05) is 37.9 Å². The number of halogens is 1. The second-order valence-electron chi connectivity index (χ2n) is 5.90. The van der Waals surface area contributed by atoms with E-state index < -0.39 is 0 Å². The summed E-state index contributed by atoms with van der Waals surface area (Å²) in [5.41, 5.74) is 1.76. The fourth-order valence-electron chi connectivity index (χ4n) is 2.97. The van der Waals surface area contributed by atoms with Gasteiger partial charge in [-0.15, -0.1) is 5.10 Å². The van der Waals surface area contributed by atoms with E-state index in [4.69, 9.17) is 11.6 Å². The second-order valence-corrected chi connectivity index (χ2v) is 6.33. The molecule has 0 saturated heterocycles. The Morgan fingerprint density at radius 3 is 2.67 bits per heavy atom. The molecule has 2 aromatic heterocycles. The molecule has 4 rings (SSSR count). The molecule has 3 aromatic rings. The lowest BCUT2D eigenvalue weighted by molar-refractivity contribution is 0.202. The largest absolute Gasteiger partial charge is 0.350 e. The third-order valence-electron chi connectivity index (χ3n) is 4.32. The summed E-state index contributed by atoms with van der Waals surface area (Å²) < 4.78 is 5.06. The van der Waals surface area contributed by atoms with Gasteiger partial charge in [0.05, 0.1) is 17.9 Å². The molecule has 0 amide bonds. The Labute approximate surface area is 143 Å². The zero-order chi connectivity index (χ0) is 16.7. The first-order valence-electron chi connectivity index (χ1n) is 7.76. The van der Waals surface area contributed by atoms with Crippen molar-refractivity contribution in [3.63, 3.8) is 0 Å². The van der Waals surface area contributed by atoms with E-state index in [-0.39, 0.29) is 5.69 Å². The summed E-state index contributed by atoms with van der Waals surface area (Å²) >= 11 is 5.91. The van der Waals surface area contributed by atoms with Gasteiger partial charge < -0.3 is 0 Å². The number of nitrogens with zero attached hydrogens (tertiary/aromatic N) is 6. The van der Waals surface area contributed by atoms with E-state index >= 15 is 0 Å². The number of aryl methyl sites for hydroxylation is 1. The van der Waals surface area contributed by atoms with Gasteiger partial charge >= 0.3 is 5.69 Å². The molecule has 0 radical (unpaired) electrons. The van der Waals surface area contributed by atoms with Gasteiger partial charge in [-0.1, -0.05) is 11.6 Å². The molecule has 0 atom stereocenters. The zero-order valence-electron chi connectivity index (χ0n) is 13.3. The van der Waals surface area contributed by atoms with Gasteiger partial charge in [0.15, 0.2) is 0 Å². The first kappa shape index (κ1) is 15.2. The maximum atomic E-state index is 12.6. The van der Waals surface area contributed by atoms with Crippen molar-refractivity contribution < 1.29 is 0 Å². The number of hydrogen-bond donors (Lipinski definition) is 0. The standard InChI is InChI=1S/C16H17ClN6O/c1-20-14(6-7-18-20)10-21-8-9-22-15(11-21)19-23(16(22)24)13-4-2-12(17)3-5-13/h2-7H,8-11H2,1H3. The number of rotatable bonds is 3. The van der Waals surface area contributed by atoms with Crippen LogP contribution in [-0.2, 0) is 26.7 Å². The molecule has 0 fully saturated rings. The fourth-order valence-corrected chi connectivity index (χ4v) is 3.10. The molecule has 3 heterocycles. The minimum atomic E-state index is -0.104. The van der Waals surface area contributed by atoms with E-state index in [0.29, 0.717) is 18.1 Å². The normalized spacial score (nSPS) is 14.8. The molecule has 0 spiro atoms. The van der Waals surface area contributed by atoms with Crippen molar-refractivity contribution in [3.05, 3.63) is 63.6 Å². The van der Waals surface area contributed by atoms with E-state index in [2.05, 4.69) is 15.1 Å². The van der Waals surface area contributed by atoms with Crippen LogP contribution in [0.4, 0.5) is 0 Å². The van der Waals surface area contributed by atoms with E-state index in [1.165, 1.54) is 4.68 Å². The lowest BCUT2D eigenvalue weighted by Gasteiger charge is -2.26. The molecule has 8 heteroatoms. The predicted octanol–water partition coefficient (Wildman–Crippen LogP) is 1.44. The highest BCUT2D eigenvalue weighted by Gasteiger charge is 2.23. The van der Waals surface area contributed by atoms with Gasteiger partial charge in [-0.2, -0.15) is 9.78 Å². The highest BCUT2D eigenvalue weighted by atomic mass is 35.5. The van der Waals surface area contributed by atoms with Crippen molar-refractivity contribution in [2.45, 2.75) is 19.6 Å². The molecule has 0 aliphatic carbocycles. The Bertz CT molecular complexity index is 923. The second kappa shape index (κ2) is 5.92.